The summed E-state index contributed by atoms with van der Waals surface area (Å²) in [4.78, 5) is 26.7. The number of pyridine rings is 1. The van der Waals surface area contributed by atoms with Crippen LogP contribution in [0.4, 0.5) is 0 Å². The Balaban J connectivity index is 2.31. The summed E-state index contributed by atoms with van der Waals surface area (Å²) >= 11 is 3.45. The van der Waals surface area contributed by atoms with E-state index in [1.165, 1.54) is 10.5 Å². The number of rotatable bonds is 1. The third kappa shape index (κ3) is 2.76. The van der Waals surface area contributed by atoms with Crippen LogP contribution in [-0.2, 0) is 5.54 Å². The number of halogens is 1. The minimum Gasteiger partial charge on any atom is -0.506 e. The Labute approximate surface area is 169 Å². The summed E-state index contributed by atoms with van der Waals surface area (Å²) in [6.45, 7) is 5.75. The first-order valence-electron chi connectivity index (χ1n) is 8.89. The molecule has 2 aromatic heterocycles. The normalized spacial score (nSPS) is 12.0. The lowest BCUT2D eigenvalue weighted by molar-refractivity contribution is 0.397. The van der Waals surface area contributed by atoms with Crippen LogP contribution in [0, 0.1) is 0 Å². The topological polar surface area (TPSA) is 63.7 Å². The van der Waals surface area contributed by atoms with Crippen molar-refractivity contribution in [1.29, 1.82) is 0 Å². The largest absolute Gasteiger partial charge is 0.506 e. The highest BCUT2D eigenvalue weighted by Crippen LogP contribution is 2.28. The average molecular weight is 439 g/mol. The van der Waals surface area contributed by atoms with E-state index in [-0.39, 0.29) is 16.8 Å². The number of hydrogen-bond donors (Lipinski definition) is 1. The van der Waals surface area contributed by atoms with Gasteiger partial charge >= 0.3 is 0 Å². The van der Waals surface area contributed by atoms with E-state index in [4.69, 9.17) is 0 Å². The molecule has 0 saturated carbocycles. The van der Waals surface area contributed by atoms with E-state index < -0.39 is 11.1 Å². The van der Waals surface area contributed by atoms with Crippen molar-refractivity contribution in [3.63, 3.8) is 0 Å². The Morgan fingerprint density at radius 1 is 0.893 bits per heavy atom. The van der Waals surface area contributed by atoms with E-state index in [0.717, 1.165) is 4.47 Å². The van der Waals surface area contributed by atoms with Crippen LogP contribution in [0.2, 0.25) is 0 Å². The summed E-state index contributed by atoms with van der Waals surface area (Å²) in [5.74, 6) is -0.216. The van der Waals surface area contributed by atoms with Gasteiger partial charge in [0.15, 0.2) is 5.52 Å². The molecule has 0 aliphatic rings. The third-order valence-electron chi connectivity index (χ3n) is 4.76. The van der Waals surface area contributed by atoms with E-state index in [0.29, 0.717) is 22.2 Å². The fourth-order valence-corrected chi connectivity index (χ4v) is 3.96. The Hall–Kier alpha value is -2.86. The van der Waals surface area contributed by atoms with Crippen molar-refractivity contribution >= 4 is 32.5 Å². The molecule has 0 atom stereocenters. The maximum Gasteiger partial charge on any atom is 0.279 e. The van der Waals surface area contributed by atoms with Gasteiger partial charge in [-0.1, -0.05) is 46.3 Å². The zero-order valence-electron chi connectivity index (χ0n) is 15.7. The van der Waals surface area contributed by atoms with Gasteiger partial charge in [0.2, 0.25) is 0 Å². The van der Waals surface area contributed by atoms with Gasteiger partial charge in [-0.3, -0.25) is 18.6 Å². The minimum atomic E-state index is -0.543. The van der Waals surface area contributed by atoms with Crippen LogP contribution in [0.3, 0.4) is 0 Å². The van der Waals surface area contributed by atoms with Crippen LogP contribution in [0.25, 0.3) is 27.7 Å². The molecule has 0 bridgehead atoms. The first kappa shape index (κ1) is 18.5. The average Bonchev–Trinajstić information content (AvgIpc) is 2.63. The van der Waals surface area contributed by atoms with Gasteiger partial charge in [-0.05, 0) is 50.6 Å². The Kier molecular flexibility index (Phi) is 4.19. The maximum absolute atomic E-state index is 13.4. The highest BCUT2D eigenvalue weighted by atomic mass is 79.9. The number of fused-ring (bicyclic) bond motifs is 3. The Morgan fingerprint density at radius 2 is 1.57 bits per heavy atom. The van der Waals surface area contributed by atoms with Crippen molar-refractivity contribution in [2.75, 3.05) is 0 Å². The van der Waals surface area contributed by atoms with E-state index >= 15 is 0 Å². The van der Waals surface area contributed by atoms with E-state index in [9.17, 15) is 14.7 Å². The molecular weight excluding hydrogens is 420 g/mol. The van der Waals surface area contributed by atoms with Gasteiger partial charge in [0, 0.05) is 10.0 Å². The van der Waals surface area contributed by atoms with Gasteiger partial charge in [0.25, 0.3) is 11.1 Å². The van der Waals surface area contributed by atoms with Crippen molar-refractivity contribution in [2.45, 2.75) is 26.3 Å². The number of hydrogen-bond acceptors (Lipinski definition) is 3. The van der Waals surface area contributed by atoms with Gasteiger partial charge in [0.05, 0.1) is 16.6 Å². The van der Waals surface area contributed by atoms with Crippen LogP contribution in [0.15, 0.2) is 68.7 Å². The summed E-state index contributed by atoms with van der Waals surface area (Å²) in [5.41, 5.74) is 0.886. The van der Waals surface area contributed by atoms with Crippen LogP contribution in [0.5, 0.6) is 5.75 Å². The molecule has 4 aromatic rings. The fourth-order valence-electron chi connectivity index (χ4n) is 3.61. The SMILES string of the molecule is CC(C)(C)n1c(=O)c2c(O)cc(-c3ccccc3)c(=O)n2c2ccc(Br)cc21. The van der Waals surface area contributed by atoms with Gasteiger partial charge in [-0.25, -0.2) is 0 Å². The van der Waals surface area contributed by atoms with Crippen LogP contribution in [0.1, 0.15) is 20.8 Å². The maximum atomic E-state index is 13.4. The van der Waals surface area contributed by atoms with Crippen molar-refractivity contribution < 1.29 is 5.11 Å². The van der Waals surface area contributed by atoms with Crippen molar-refractivity contribution in [2.24, 2.45) is 0 Å². The quantitative estimate of drug-likeness (QED) is 0.444. The highest BCUT2D eigenvalue weighted by molar-refractivity contribution is 9.10. The van der Waals surface area contributed by atoms with Crippen molar-refractivity contribution in [3.05, 3.63) is 79.8 Å². The molecule has 0 spiro atoms. The second-order valence-corrected chi connectivity index (χ2v) is 8.66. The molecule has 142 valence electrons. The number of aromatic nitrogens is 2. The van der Waals surface area contributed by atoms with Crippen LogP contribution in [-0.4, -0.2) is 14.1 Å². The number of aromatic hydroxyl groups is 1. The molecule has 6 heteroatoms. The molecule has 2 aromatic carbocycles. The van der Waals surface area contributed by atoms with E-state index in [1.54, 1.807) is 22.8 Å². The number of benzene rings is 2. The highest BCUT2D eigenvalue weighted by Gasteiger charge is 2.24. The number of nitrogens with zero attached hydrogens (tertiary/aromatic N) is 2. The molecule has 0 aliphatic carbocycles. The fraction of sp³-hybridized carbons (Fsp3) is 0.182. The van der Waals surface area contributed by atoms with Gasteiger partial charge < -0.3 is 5.11 Å². The van der Waals surface area contributed by atoms with Gasteiger partial charge in [-0.2, -0.15) is 0 Å². The molecule has 2 heterocycles. The molecule has 28 heavy (non-hydrogen) atoms. The summed E-state index contributed by atoms with van der Waals surface area (Å²) in [6, 6.07) is 15.9. The molecular formula is C22H19BrN2O3. The van der Waals surface area contributed by atoms with E-state index in [1.807, 2.05) is 51.1 Å². The van der Waals surface area contributed by atoms with Crippen LogP contribution < -0.4 is 11.1 Å². The lowest BCUT2D eigenvalue weighted by Gasteiger charge is -2.26. The molecule has 4 rings (SSSR count). The third-order valence-corrected chi connectivity index (χ3v) is 5.25. The van der Waals surface area contributed by atoms with Gasteiger partial charge in [-0.15, -0.1) is 0 Å². The van der Waals surface area contributed by atoms with Crippen LogP contribution >= 0.6 is 15.9 Å². The second-order valence-electron chi connectivity index (χ2n) is 7.74. The second kappa shape index (κ2) is 6.34. The molecule has 1 N–H and O–H groups in total. The first-order chi connectivity index (χ1) is 13.2. The predicted molar refractivity (Wildman–Crippen MR) is 115 cm³/mol. The lowest BCUT2D eigenvalue weighted by atomic mass is 10.1. The molecule has 0 radical (unpaired) electrons. The molecule has 0 amide bonds. The van der Waals surface area contributed by atoms with E-state index in [2.05, 4.69) is 15.9 Å². The lowest BCUT2D eigenvalue weighted by Crippen LogP contribution is -2.37. The zero-order chi connectivity index (χ0) is 20.2. The zero-order valence-corrected chi connectivity index (χ0v) is 17.3. The minimum absolute atomic E-state index is 0.0190. The van der Waals surface area contributed by atoms with Crippen molar-refractivity contribution in [3.8, 4) is 16.9 Å². The summed E-state index contributed by atoms with van der Waals surface area (Å²) in [6.07, 6.45) is 0. The summed E-state index contributed by atoms with van der Waals surface area (Å²) < 4.78 is 3.74. The molecule has 5 nitrogen and oxygen atoms in total. The monoisotopic (exact) mass is 438 g/mol. The smallest absolute Gasteiger partial charge is 0.279 e. The molecule has 0 aliphatic heterocycles. The molecule has 0 unspecified atom stereocenters. The van der Waals surface area contributed by atoms with Gasteiger partial charge in [0.1, 0.15) is 5.75 Å². The predicted octanol–water partition coefficient (Wildman–Crippen LogP) is 4.50. The standard InChI is InChI=1S/C22H19BrN2O3/c1-22(2,3)25-17-11-14(23)9-10-16(17)24-19(21(25)28)18(26)12-15(20(24)27)13-7-5-4-6-8-13/h4-12,26H,1-3H3. The molecule has 0 saturated heterocycles. The first-order valence-corrected chi connectivity index (χ1v) is 9.68. The Morgan fingerprint density at radius 3 is 2.21 bits per heavy atom. The molecule has 0 fully saturated rings. The summed E-state index contributed by atoms with van der Waals surface area (Å²) in [5, 5.41) is 10.7. The summed E-state index contributed by atoms with van der Waals surface area (Å²) in [7, 11) is 0. The Bertz CT molecular complexity index is 1350. The van der Waals surface area contributed by atoms with Crippen molar-refractivity contribution in [1.82, 2.24) is 8.97 Å².